The molecule has 0 atom stereocenters. The highest BCUT2D eigenvalue weighted by atomic mass is 16.5. The van der Waals surface area contributed by atoms with Crippen molar-refractivity contribution in [3.8, 4) is 0 Å². The standard InChI is InChI=1S/C15H18N2O/c1-11-5-6-13(12-4-3-7-16-14(11)12)17-8-15(2)9-18-10-15/h3-7,17H,8-10H2,1-2H3. The van der Waals surface area contributed by atoms with Crippen molar-refractivity contribution >= 4 is 16.6 Å². The van der Waals surface area contributed by atoms with Crippen LogP contribution in [0.4, 0.5) is 5.69 Å². The van der Waals surface area contributed by atoms with Crippen LogP contribution in [0.15, 0.2) is 30.5 Å². The monoisotopic (exact) mass is 242 g/mol. The minimum atomic E-state index is 0.277. The maximum atomic E-state index is 5.28. The third-order valence-corrected chi connectivity index (χ3v) is 3.58. The number of fused-ring (bicyclic) bond motifs is 1. The van der Waals surface area contributed by atoms with Gasteiger partial charge in [-0.15, -0.1) is 0 Å². The van der Waals surface area contributed by atoms with Crippen LogP contribution in [0.25, 0.3) is 10.9 Å². The molecule has 3 heteroatoms. The molecular formula is C15H18N2O. The Hall–Kier alpha value is -1.61. The average Bonchev–Trinajstić information content (AvgIpc) is 2.36. The molecule has 0 radical (unpaired) electrons. The fraction of sp³-hybridized carbons (Fsp3) is 0.400. The minimum Gasteiger partial charge on any atom is -0.384 e. The van der Waals surface area contributed by atoms with Crippen LogP contribution in [0.2, 0.25) is 0 Å². The summed E-state index contributed by atoms with van der Waals surface area (Å²) in [6, 6.07) is 8.37. The summed E-state index contributed by atoms with van der Waals surface area (Å²) in [4.78, 5) is 4.46. The quantitative estimate of drug-likeness (QED) is 0.898. The third kappa shape index (κ3) is 1.95. The van der Waals surface area contributed by atoms with Crippen LogP contribution in [0.3, 0.4) is 0 Å². The van der Waals surface area contributed by atoms with Gasteiger partial charge in [0.2, 0.25) is 0 Å². The molecule has 3 rings (SSSR count). The molecule has 0 spiro atoms. The first-order valence-electron chi connectivity index (χ1n) is 6.34. The number of aromatic nitrogens is 1. The van der Waals surface area contributed by atoms with Crippen molar-refractivity contribution in [1.29, 1.82) is 0 Å². The summed E-state index contributed by atoms with van der Waals surface area (Å²) in [5, 5.41) is 4.73. The van der Waals surface area contributed by atoms with Crippen molar-refractivity contribution in [3.05, 3.63) is 36.0 Å². The van der Waals surface area contributed by atoms with Crippen LogP contribution in [0.1, 0.15) is 12.5 Å². The van der Waals surface area contributed by atoms with Crippen molar-refractivity contribution < 1.29 is 4.74 Å². The molecule has 1 N–H and O–H groups in total. The Morgan fingerprint density at radius 3 is 2.89 bits per heavy atom. The van der Waals surface area contributed by atoms with Crippen LogP contribution in [-0.2, 0) is 4.74 Å². The number of benzene rings is 1. The van der Waals surface area contributed by atoms with E-state index in [1.54, 1.807) is 0 Å². The smallest absolute Gasteiger partial charge is 0.0751 e. The molecule has 3 nitrogen and oxygen atoms in total. The van der Waals surface area contributed by atoms with Gasteiger partial charge in [0.25, 0.3) is 0 Å². The van der Waals surface area contributed by atoms with Crippen LogP contribution in [0, 0.1) is 12.3 Å². The predicted octanol–water partition coefficient (Wildman–Crippen LogP) is 2.99. The topological polar surface area (TPSA) is 34.1 Å². The van der Waals surface area contributed by atoms with E-state index in [2.05, 4.69) is 42.3 Å². The van der Waals surface area contributed by atoms with Gasteiger partial charge in [-0.3, -0.25) is 4.98 Å². The fourth-order valence-electron chi connectivity index (χ4n) is 2.33. The molecule has 1 aromatic carbocycles. The second-order valence-corrected chi connectivity index (χ2v) is 5.49. The van der Waals surface area contributed by atoms with Crippen molar-refractivity contribution in [3.63, 3.8) is 0 Å². The summed E-state index contributed by atoms with van der Waals surface area (Å²) < 4.78 is 5.28. The van der Waals surface area contributed by atoms with E-state index in [0.717, 1.165) is 31.0 Å². The highest BCUT2D eigenvalue weighted by molar-refractivity contribution is 5.93. The first-order valence-corrected chi connectivity index (χ1v) is 6.34. The largest absolute Gasteiger partial charge is 0.384 e. The second-order valence-electron chi connectivity index (χ2n) is 5.49. The summed E-state index contributed by atoms with van der Waals surface area (Å²) in [5.74, 6) is 0. The third-order valence-electron chi connectivity index (χ3n) is 3.58. The van der Waals surface area contributed by atoms with Gasteiger partial charge in [0.1, 0.15) is 0 Å². The maximum Gasteiger partial charge on any atom is 0.0751 e. The predicted molar refractivity (Wildman–Crippen MR) is 73.9 cm³/mol. The van der Waals surface area contributed by atoms with Gasteiger partial charge >= 0.3 is 0 Å². The summed E-state index contributed by atoms with van der Waals surface area (Å²) >= 11 is 0. The Kier molecular flexibility index (Phi) is 2.71. The zero-order chi connectivity index (χ0) is 12.6. The number of hydrogen-bond donors (Lipinski definition) is 1. The molecule has 1 aliphatic heterocycles. The van der Waals surface area contributed by atoms with Crippen molar-refractivity contribution in [2.45, 2.75) is 13.8 Å². The van der Waals surface area contributed by atoms with Crippen LogP contribution >= 0.6 is 0 Å². The van der Waals surface area contributed by atoms with Crippen LogP contribution in [-0.4, -0.2) is 24.7 Å². The molecular weight excluding hydrogens is 224 g/mol. The Morgan fingerprint density at radius 2 is 2.17 bits per heavy atom. The SMILES string of the molecule is Cc1ccc(NCC2(C)COC2)c2cccnc12. The molecule has 0 bridgehead atoms. The fourth-order valence-corrected chi connectivity index (χ4v) is 2.33. The lowest BCUT2D eigenvalue weighted by Gasteiger charge is -2.38. The number of nitrogens with one attached hydrogen (secondary N) is 1. The van der Waals surface area contributed by atoms with Gasteiger partial charge in [0.05, 0.1) is 18.7 Å². The van der Waals surface area contributed by atoms with E-state index in [1.807, 2.05) is 12.3 Å². The van der Waals surface area contributed by atoms with E-state index in [1.165, 1.54) is 10.9 Å². The summed E-state index contributed by atoms with van der Waals surface area (Å²) in [6.07, 6.45) is 1.85. The van der Waals surface area contributed by atoms with Crippen molar-refractivity contribution in [2.24, 2.45) is 5.41 Å². The maximum absolute atomic E-state index is 5.28. The molecule has 1 saturated heterocycles. The van der Waals surface area contributed by atoms with Gasteiger partial charge in [-0.2, -0.15) is 0 Å². The number of aryl methyl sites for hydroxylation is 1. The zero-order valence-corrected chi connectivity index (χ0v) is 10.9. The zero-order valence-electron chi connectivity index (χ0n) is 10.9. The van der Waals surface area contributed by atoms with E-state index in [0.29, 0.717) is 0 Å². The van der Waals surface area contributed by atoms with E-state index in [-0.39, 0.29) is 5.41 Å². The number of anilines is 1. The highest BCUT2D eigenvalue weighted by Crippen LogP contribution is 2.29. The van der Waals surface area contributed by atoms with E-state index in [9.17, 15) is 0 Å². The summed E-state index contributed by atoms with van der Waals surface area (Å²) in [6.45, 7) is 6.99. The first-order chi connectivity index (χ1) is 8.68. The van der Waals surface area contributed by atoms with Gasteiger partial charge in [-0.1, -0.05) is 13.0 Å². The van der Waals surface area contributed by atoms with Gasteiger partial charge in [0, 0.05) is 29.2 Å². The Morgan fingerprint density at radius 1 is 1.33 bits per heavy atom. The molecule has 94 valence electrons. The highest BCUT2D eigenvalue weighted by Gasteiger charge is 2.33. The molecule has 2 aromatic rings. The number of hydrogen-bond acceptors (Lipinski definition) is 3. The minimum absolute atomic E-state index is 0.277. The molecule has 0 saturated carbocycles. The van der Waals surface area contributed by atoms with E-state index in [4.69, 9.17) is 4.74 Å². The molecule has 2 heterocycles. The van der Waals surface area contributed by atoms with Crippen LogP contribution in [0.5, 0.6) is 0 Å². The normalized spacial score (nSPS) is 17.4. The number of pyridine rings is 1. The van der Waals surface area contributed by atoms with Crippen molar-refractivity contribution in [1.82, 2.24) is 4.98 Å². The molecule has 18 heavy (non-hydrogen) atoms. The summed E-state index contributed by atoms with van der Waals surface area (Å²) in [5.41, 5.74) is 3.74. The Balaban J connectivity index is 1.90. The van der Waals surface area contributed by atoms with E-state index >= 15 is 0 Å². The molecule has 0 unspecified atom stereocenters. The van der Waals surface area contributed by atoms with Gasteiger partial charge < -0.3 is 10.1 Å². The number of nitrogens with zero attached hydrogens (tertiary/aromatic N) is 1. The van der Waals surface area contributed by atoms with Gasteiger partial charge in [0.15, 0.2) is 0 Å². The lowest BCUT2D eigenvalue weighted by molar-refractivity contribution is -0.0924. The lowest BCUT2D eigenvalue weighted by Crippen LogP contribution is -2.45. The second kappa shape index (κ2) is 4.25. The average molecular weight is 242 g/mol. The van der Waals surface area contributed by atoms with Gasteiger partial charge in [-0.25, -0.2) is 0 Å². The first kappa shape index (κ1) is 11.5. The van der Waals surface area contributed by atoms with E-state index < -0.39 is 0 Å². The molecule has 0 aliphatic carbocycles. The molecule has 0 amide bonds. The lowest BCUT2D eigenvalue weighted by atomic mass is 9.88. The van der Waals surface area contributed by atoms with Crippen LogP contribution < -0.4 is 5.32 Å². The van der Waals surface area contributed by atoms with Crippen molar-refractivity contribution in [2.75, 3.05) is 25.1 Å². The Labute approximate surface area is 107 Å². The molecule has 1 fully saturated rings. The summed E-state index contributed by atoms with van der Waals surface area (Å²) in [7, 11) is 0. The van der Waals surface area contributed by atoms with Gasteiger partial charge in [-0.05, 0) is 30.7 Å². The molecule has 1 aliphatic rings. The number of rotatable bonds is 3. The number of ether oxygens (including phenoxy) is 1. The molecule has 1 aromatic heterocycles. The Bertz CT molecular complexity index is 576.